The lowest BCUT2D eigenvalue weighted by molar-refractivity contribution is -0.291. The molecule has 1 aliphatic rings. The molecule has 0 unspecified atom stereocenters. The molecule has 3 N–H and O–H groups in total. The minimum atomic E-state index is -4.94. The van der Waals surface area contributed by atoms with Gasteiger partial charge in [-0.05, 0) is 6.42 Å². The summed E-state index contributed by atoms with van der Waals surface area (Å²) in [6, 6.07) is 0. The van der Waals surface area contributed by atoms with Crippen molar-refractivity contribution in [3.63, 3.8) is 0 Å². The first-order valence-corrected chi connectivity index (χ1v) is 13.9. The molecule has 0 spiro atoms. The maximum Gasteiger partial charge on any atom is 0.397 e. The van der Waals surface area contributed by atoms with Crippen LogP contribution in [-0.2, 0) is 33.6 Å². The Balaban J connectivity index is 2.19. The van der Waals surface area contributed by atoms with E-state index in [-0.39, 0.29) is 6.42 Å². The summed E-state index contributed by atoms with van der Waals surface area (Å²) in [5, 5.41) is 20.0. The first kappa shape index (κ1) is 31.2. The minimum Gasteiger partial charge on any atom is -0.463 e. The van der Waals surface area contributed by atoms with Crippen molar-refractivity contribution >= 4 is 16.4 Å². The van der Waals surface area contributed by atoms with Crippen molar-refractivity contribution in [3.8, 4) is 0 Å². The second kappa shape index (κ2) is 17.6. The van der Waals surface area contributed by atoms with Crippen LogP contribution in [0.15, 0.2) is 0 Å². The first-order chi connectivity index (χ1) is 16.2. The number of rotatable bonds is 19. The van der Waals surface area contributed by atoms with Crippen LogP contribution in [0.2, 0.25) is 0 Å². The number of carbonyl (C=O) groups excluding carboxylic acids is 1. The fourth-order valence-corrected chi connectivity index (χ4v) is 4.55. The van der Waals surface area contributed by atoms with Gasteiger partial charge in [-0.25, -0.2) is 4.18 Å². The van der Waals surface area contributed by atoms with Gasteiger partial charge in [0, 0.05) is 13.5 Å². The quantitative estimate of drug-likeness (QED) is 0.134. The molecule has 11 heteroatoms. The van der Waals surface area contributed by atoms with E-state index in [1.807, 2.05) is 0 Å². The van der Waals surface area contributed by atoms with E-state index in [4.69, 9.17) is 18.8 Å². The number of methoxy groups -OCH3 is 1. The molecule has 0 radical (unpaired) electrons. The van der Waals surface area contributed by atoms with E-state index in [0.717, 1.165) is 19.3 Å². The Morgan fingerprint density at radius 3 is 1.82 bits per heavy atom. The molecule has 0 amide bonds. The summed E-state index contributed by atoms with van der Waals surface area (Å²) in [6.45, 7) is 1.80. The molecular formula is C23H44O10S. The molecule has 10 nitrogen and oxygen atoms in total. The number of carbonyl (C=O) groups is 1. The average molecular weight is 513 g/mol. The van der Waals surface area contributed by atoms with Crippen molar-refractivity contribution < 1.29 is 46.4 Å². The van der Waals surface area contributed by atoms with Crippen LogP contribution in [0, 0.1) is 0 Å². The summed E-state index contributed by atoms with van der Waals surface area (Å²) in [5.74, 6) is -0.494. The van der Waals surface area contributed by atoms with E-state index in [9.17, 15) is 23.4 Å². The fourth-order valence-electron chi connectivity index (χ4n) is 4.03. The molecule has 34 heavy (non-hydrogen) atoms. The second-order valence-corrected chi connectivity index (χ2v) is 9.97. The third kappa shape index (κ3) is 13.3. The lowest BCUT2D eigenvalue weighted by Gasteiger charge is -2.40. The highest BCUT2D eigenvalue weighted by Gasteiger charge is 2.47. The number of unbranched alkanes of at least 4 members (excludes halogenated alkanes) is 12. The standard InChI is InChI=1S/C23H44O10S/c1-3-4-5-6-7-8-9-10-11-12-13-14-15-16-19(24)31-17-18-22(33-34(27,28)29)20(25)21(26)23(30-2)32-18/h18,20-23,25-26H,3-17H2,1-2H3,(H,27,28,29)/t18-,20-,21-,22-,23+/m1/s1. The van der Waals surface area contributed by atoms with E-state index in [2.05, 4.69) is 11.1 Å². The topological polar surface area (TPSA) is 149 Å². The van der Waals surface area contributed by atoms with Gasteiger partial charge < -0.3 is 24.4 Å². The maximum atomic E-state index is 12.0. The Labute approximate surface area is 204 Å². The molecule has 1 rings (SSSR count). The molecule has 0 aromatic carbocycles. The molecule has 0 aromatic heterocycles. The number of aliphatic hydroxyl groups is 2. The summed E-state index contributed by atoms with van der Waals surface area (Å²) >= 11 is 0. The van der Waals surface area contributed by atoms with Gasteiger partial charge in [0.2, 0.25) is 0 Å². The summed E-state index contributed by atoms with van der Waals surface area (Å²) in [5.41, 5.74) is 0. The van der Waals surface area contributed by atoms with Crippen LogP contribution in [0.4, 0.5) is 0 Å². The SMILES string of the molecule is CCCCCCCCCCCCCCCC(=O)OC[C@H]1O[C@H](OC)[C@H](O)[C@@H](O)[C@@H]1OS(=O)(=O)O. The van der Waals surface area contributed by atoms with Crippen LogP contribution in [0.25, 0.3) is 0 Å². The van der Waals surface area contributed by atoms with Crippen LogP contribution in [0.5, 0.6) is 0 Å². The predicted octanol–water partition coefficient (Wildman–Crippen LogP) is 3.29. The zero-order valence-corrected chi connectivity index (χ0v) is 21.4. The summed E-state index contributed by atoms with van der Waals surface area (Å²) < 4.78 is 50.9. The molecule has 0 aliphatic carbocycles. The monoisotopic (exact) mass is 512 g/mol. The minimum absolute atomic E-state index is 0.202. The number of hydrogen-bond donors (Lipinski definition) is 3. The van der Waals surface area contributed by atoms with Gasteiger partial charge in [-0.2, -0.15) is 8.42 Å². The van der Waals surface area contributed by atoms with Gasteiger partial charge in [0.25, 0.3) is 0 Å². The third-order valence-corrected chi connectivity index (χ3v) is 6.46. The van der Waals surface area contributed by atoms with Crippen LogP contribution in [0.3, 0.4) is 0 Å². The molecule has 0 aromatic rings. The highest BCUT2D eigenvalue weighted by Crippen LogP contribution is 2.25. The van der Waals surface area contributed by atoms with Crippen LogP contribution < -0.4 is 0 Å². The van der Waals surface area contributed by atoms with Crippen LogP contribution in [0.1, 0.15) is 96.8 Å². The molecule has 1 saturated heterocycles. The molecule has 0 saturated carbocycles. The summed E-state index contributed by atoms with van der Waals surface area (Å²) in [4.78, 5) is 12.0. The molecule has 0 bridgehead atoms. The van der Waals surface area contributed by atoms with Crippen LogP contribution >= 0.6 is 0 Å². The van der Waals surface area contributed by atoms with Crippen molar-refractivity contribution in [1.29, 1.82) is 0 Å². The Bertz CT molecular complexity index is 642. The molecule has 1 aliphatic heterocycles. The van der Waals surface area contributed by atoms with E-state index < -0.39 is 53.7 Å². The second-order valence-electron chi connectivity index (χ2n) is 8.92. The molecular weight excluding hydrogens is 468 g/mol. The first-order valence-electron chi connectivity index (χ1n) is 12.5. The Kier molecular flexibility index (Phi) is 16.1. The summed E-state index contributed by atoms with van der Waals surface area (Å²) in [6.07, 6.45) is 8.16. The summed E-state index contributed by atoms with van der Waals surface area (Å²) in [7, 11) is -3.72. The van der Waals surface area contributed by atoms with Gasteiger partial charge in [-0.1, -0.05) is 84.0 Å². The number of ether oxygens (including phenoxy) is 3. The highest BCUT2D eigenvalue weighted by molar-refractivity contribution is 7.80. The van der Waals surface area contributed by atoms with Gasteiger partial charge in [-0.3, -0.25) is 9.35 Å². The van der Waals surface area contributed by atoms with Crippen molar-refractivity contribution in [1.82, 2.24) is 0 Å². The molecule has 1 heterocycles. The molecule has 5 atom stereocenters. The fraction of sp³-hybridized carbons (Fsp3) is 0.957. The number of esters is 1. The van der Waals surface area contributed by atoms with E-state index >= 15 is 0 Å². The molecule has 202 valence electrons. The Morgan fingerprint density at radius 2 is 1.35 bits per heavy atom. The van der Waals surface area contributed by atoms with Gasteiger partial charge >= 0.3 is 16.4 Å². The Morgan fingerprint density at radius 1 is 0.853 bits per heavy atom. The van der Waals surface area contributed by atoms with E-state index in [1.54, 1.807) is 0 Å². The maximum absolute atomic E-state index is 12.0. The van der Waals surface area contributed by atoms with Crippen molar-refractivity contribution in [3.05, 3.63) is 0 Å². The highest BCUT2D eigenvalue weighted by atomic mass is 32.3. The van der Waals surface area contributed by atoms with Crippen molar-refractivity contribution in [2.24, 2.45) is 0 Å². The smallest absolute Gasteiger partial charge is 0.397 e. The zero-order valence-electron chi connectivity index (χ0n) is 20.6. The lowest BCUT2D eigenvalue weighted by atomic mass is 9.99. The average Bonchev–Trinajstić information content (AvgIpc) is 2.78. The lowest BCUT2D eigenvalue weighted by Crippen LogP contribution is -2.60. The predicted molar refractivity (Wildman–Crippen MR) is 125 cm³/mol. The van der Waals surface area contributed by atoms with Gasteiger partial charge in [0.1, 0.15) is 31.0 Å². The van der Waals surface area contributed by atoms with Gasteiger partial charge in [0.15, 0.2) is 6.29 Å². The van der Waals surface area contributed by atoms with E-state index in [0.29, 0.717) is 6.42 Å². The number of hydrogen-bond acceptors (Lipinski definition) is 9. The molecule has 1 fully saturated rings. The zero-order chi connectivity index (χ0) is 25.4. The van der Waals surface area contributed by atoms with Crippen molar-refractivity contribution in [2.45, 2.75) is 128 Å². The van der Waals surface area contributed by atoms with Gasteiger partial charge in [-0.15, -0.1) is 0 Å². The third-order valence-electron chi connectivity index (χ3n) is 6.00. The Hall–Kier alpha value is -0.820. The van der Waals surface area contributed by atoms with Crippen molar-refractivity contribution in [2.75, 3.05) is 13.7 Å². The number of aliphatic hydroxyl groups excluding tert-OH is 2. The van der Waals surface area contributed by atoms with Crippen LogP contribution in [-0.4, -0.2) is 73.6 Å². The normalized spacial score (nSPS) is 25.4. The van der Waals surface area contributed by atoms with E-state index in [1.165, 1.54) is 64.9 Å². The van der Waals surface area contributed by atoms with Gasteiger partial charge in [0.05, 0.1) is 0 Å². The largest absolute Gasteiger partial charge is 0.463 e.